The van der Waals surface area contributed by atoms with Crippen molar-refractivity contribution in [3.63, 3.8) is 0 Å². The molecule has 0 spiro atoms. The predicted molar refractivity (Wildman–Crippen MR) is 47.8 cm³/mol. The van der Waals surface area contributed by atoms with Gasteiger partial charge < -0.3 is 4.74 Å². The Kier molecular flexibility index (Phi) is 1.29. The number of ether oxygens (including phenoxy) is 1. The van der Waals surface area contributed by atoms with Crippen LogP contribution in [0.15, 0.2) is 21.8 Å². The highest BCUT2D eigenvalue weighted by atomic mass is 127. The molecule has 1 aliphatic carbocycles. The Balaban J connectivity index is 2.34. The van der Waals surface area contributed by atoms with Gasteiger partial charge in [-0.25, -0.2) is 0 Å². The molecule has 2 rings (SSSR count). The minimum Gasteiger partial charge on any atom is -0.344 e. The summed E-state index contributed by atoms with van der Waals surface area (Å²) in [5.41, 5.74) is 0. The topological polar surface area (TPSA) is 12.5 Å². The molecule has 3 heteroatoms. The molecule has 1 fully saturated rings. The van der Waals surface area contributed by atoms with Crippen molar-refractivity contribution in [2.75, 3.05) is 0 Å². The third-order valence-electron chi connectivity index (χ3n) is 1.43. The van der Waals surface area contributed by atoms with Crippen molar-refractivity contribution in [2.24, 2.45) is 0 Å². The van der Waals surface area contributed by atoms with Crippen LogP contribution < -0.4 is 0 Å². The molecule has 0 aromatic carbocycles. The van der Waals surface area contributed by atoms with Crippen molar-refractivity contribution in [3.05, 3.63) is 21.8 Å². The van der Waals surface area contributed by atoms with E-state index in [2.05, 4.69) is 44.6 Å². The molecule has 48 valence electrons. The molecule has 0 aromatic heterocycles. The van der Waals surface area contributed by atoms with Gasteiger partial charge in [0, 0.05) is 3.58 Å². The molecule has 2 atom stereocenters. The molecule has 1 aliphatic heterocycles. The van der Waals surface area contributed by atoms with Crippen LogP contribution in [0.3, 0.4) is 0 Å². The van der Waals surface area contributed by atoms with Crippen LogP contribution in [0.2, 0.25) is 0 Å². The van der Waals surface area contributed by atoms with Gasteiger partial charge in [-0.1, -0.05) is 12.2 Å². The summed E-state index contributed by atoms with van der Waals surface area (Å²) in [6.07, 6.45) is 6.40. The van der Waals surface area contributed by atoms with E-state index < -0.39 is 0 Å². The normalized spacial score (nSPS) is 46.0. The number of epoxide rings is 1. The molecule has 9 heavy (non-hydrogen) atoms. The van der Waals surface area contributed by atoms with Crippen LogP contribution >= 0.6 is 38.5 Å². The third kappa shape index (κ3) is 0.897. The molecule has 0 amide bonds. The van der Waals surface area contributed by atoms with Crippen LogP contribution in [0.5, 0.6) is 0 Å². The largest absolute Gasteiger partial charge is 0.344 e. The minimum atomic E-state index is -0.127. The highest BCUT2D eigenvalue weighted by Gasteiger charge is 2.55. The van der Waals surface area contributed by atoms with E-state index in [0.29, 0.717) is 6.10 Å². The van der Waals surface area contributed by atoms with Crippen LogP contribution in [0.25, 0.3) is 0 Å². The van der Waals surface area contributed by atoms with Gasteiger partial charge in [0.1, 0.15) is 6.10 Å². The molecule has 2 aliphatic rings. The van der Waals surface area contributed by atoms with Gasteiger partial charge in [0.15, 0.2) is 4.51 Å². The standard InChI is InChI=1S/C6H4BrIO/c7-6-3-1-2-4(8)5(6)9-6/h1-3,5H. The van der Waals surface area contributed by atoms with Crippen molar-refractivity contribution in [1.82, 2.24) is 0 Å². The smallest absolute Gasteiger partial charge is 0.173 e. The first kappa shape index (κ1) is 6.37. The van der Waals surface area contributed by atoms with E-state index in [1.165, 1.54) is 3.58 Å². The van der Waals surface area contributed by atoms with Gasteiger partial charge in [-0.05, 0) is 44.6 Å². The number of alkyl halides is 1. The quantitative estimate of drug-likeness (QED) is 0.380. The van der Waals surface area contributed by atoms with Gasteiger partial charge in [0.2, 0.25) is 0 Å². The van der Waals surface area contributed by atoms with Gasteiger partial charge in [-0.3, -0.25) is 0 Å². The molecule has 0 bridgehead atoms. The second-order valence-electron chi connectivity index (χ2n) is 2.11. The van der Waals surface area contributed by atoms with Gasteiger partial charge in [0.25, 0.3) is 0 Å². The van der Waals surface area contributed by atoms with E-state index in [4.69, 9.17) is 4.74 Å². The van der Waals surface area contributed by atoms with Crippen LogP contribution in [0, 0.1) is 0 Å². The van der Waals surface area contributed by atoms with Crippen molar-refractivity contribution in [2.45, 2.75) is 10.6 Å². The monoisotopic (exact) mass is 298 g/mol. The Hall–Kier alpha value is 0.650. The minimum absolute atomic E-state index is 0.127. The second-order valence-corrected chi connectivity index (χ2v) is 4.59. The average Bonchev–Trinajstić information content (AvgIpc) is 2.43. The molecular weight excluding hydrogens is 295 g/mol. The molecule has 0 radical (unpaired) electrons. The number of halogens is 2. The van der Waals surface area contributed by atoms with Crippen molar-refractivity contribution < 1.29 is 4.74 Å². The molecule has 1 heterocycles. The number of hydrogen-bond acceptors (Lipinski definition) is 1. The zero-order valence-corrected chi connectivity index (χ0v) is 8.22. The zero-order valence-electron chi connectivity index (χ0n) is 4.47. The maximum absolute atomic E-state index is 5.33. The Labute approximate surface area is 75.4 Å². The SMILES string of the molecule is BrC12C=CC=C(I)C1O2. The van der Waals surface area contributed by atoms with Gasteiger partial charge in [-0.15, -0.1) is 0 Å². The Morgan fingerprint density at radius 2 is 2.56 bits per heavy atom. The van der Waals surface area contributed by atoms with Gasteiger partial charge in [-0.2, -0.15) is 0 Å². The Morgan fingerprint density at radius 1 is 1.78 bits per heavy atom. The summed E-state index contributed by atoms with van der Waals surface area (Å²) in [4.78, 5) is 0. The van der Waals surface area contributed by atoms with E-state index in [1.807, 2.05) is 12.2 Å². The van der Waals surface area contributed by atoms with E-state index in [9.17, 15) is 0 Å². The lowest BCUT2D eigenvalue weighted by atomic mass is 10.2. The maximum Gasteiger partial charge on any atom is 0.173 e. The lowest BCUT2D eigenvalue weighted by Gasteiger charge is -1.98. The van der Waals surface area contributed by atoms with E-state index in [-0.39, 0.29) is 4.51 Å². The summed E-state index contributed by atoms with van der Waals surface area (Å²) in [5, 5.41) is 0. The summed E-state index contributed by atoms with van der Waals surface area (Å²) in [5.74, 6) is 0. The fraction of sp³-hybridized carbons (Fsp3) is 0.333. The summed E-state index contributed by atoms with van der Waals surface area (Å²) in [6.45, 7) is 0. The zero-order chi connectivity index (χ0) is 6.48. The molecular formula is C6H4BrIO. The summed E-state index contributed by atoms with van der Waals surface area (Å²) < 4.78 is 6.48. The Bertz CT molecular complexity index is 211. The molecule has 1 saturated heterocycles. The van der Waals surface area contributed by atoms with Gasteiger partial charge >= 0.3 is 0 Å². The van der Waals surface area contributed by atoms with E-state index in [0.717, 1.165) is 0 Å². The number of fused-ring (bicyclic) bond motifs is 1. The highest BCUT2D eigenvalue weighted by molar-refractivity contribution is 14.1. The molecule has 0 aromatic rings. The predicted octanol–water partition coefficient (Wildman–Crippen LogP) is 2.37. The van der Waals surface area contributed by atoms with Crippen LogP contribution in [0.4, 0.5) is 0 Å². The molecule has 1 nitrogen and oxygen atoms in total. The number of hydrogen-bond donors (Lipinski definition) is 0. The second kappa shape index (κ2) is 1.83. The first-order valence-electron chi connectivity index (χ1n) is 2.64. The van der Waals surface area contributed by atoms with Crippen LogP contribution in [-0.2, 0) is 4.74 Å². The fourth-order valence-corrected chi connectivity index (χ4v) is 2.69. The molecule has 0 N–H and O–H groups in total. The third-order valence-corrected chi connectivity index (χ3v) is 3.22. The van der Waals surface area contributed by atoms with Crippen molar-refractivity contribution in [3.8, 4) is 0 Å². The van der Waals surface area contributed by atoms with E-state index in [1.54, 1.807) is 0 Å². The lowest BCUT2D eigenvalue weighted by molar-refractivity contribution is 0.402. The Morgan fingerprint density at radius 3 is 3.11 bits per heavy atom. The first-order chi connectivity index (χ1) is 4.22. The average molecular weight is 299 g/mol. The number of allylic oxidation sites excluding steroid dienone is 2. The first-order valence-corrected chi connectivity index (χ1v) is 4.51. The number of rotatable bonds is 0. The maximum atomic E-state index is 5.33. The summed E-state index contributed by atoms with van der Waals surface area (Å²) >= 11 is 5.74. The van der Waals surface area contributed by atoms with Crippen LogP contribution in [-0.4, -0.2) is 10.6 Å². The lowest BCUT2D eigenvalue weighted by Crippen LogP contribution is -2.03. The van der Waals surface area contributed by atoms with Gasteiger partial charge in [0.05, 0.1) is 0 Å². The summed E-state index contributed by atoms with van der Waals surface area (Å²) in [6, 6.07) is 0. The van der Waals surface area contributed by atoms with Crippen molar-refractivity contribution in [1.29, 1.82) is 0 Å². The van der Waals surface area contributed by atoms with Crippen LogP contribution in [0.1, 0.15) is 0 Å². The van der Waals surface area contributed by atoms with E-state index >= 15 is 0 Å². The molecule has 2 unspecified atom stereocenters. The fourth-order valence-electron chi connectivity index (χ4n) is 0.876. The van der Waals surface area contributed by atoms with Crippen molar-refractivity contribution >= 4 is 38.5 Å². The summed E-state index contributed by atoms with van der Waals surface area (Å²) in [7, 11) is 0. The molecule has 0 saturated carbocycles. The highest BCUT2D eigenvalue weighted by Crippen LogP contribution is 2.51.